The number of non-ortho nitro benzene ring substituents is 1. The molecule has 0 atom stereocenters. The molecule has 0 amide bonds. The Bertz CT molecular complexity index is 597. The molecule has 2 rings (SSSR count). The number of benzene rings is 2. The second-order valence-corrected chi connectivity index (χ2v) is 4.64. The van der Waals surface area contributed by atoms with Gasteiger partial charge in [-0.25, -0.2) is 0 Å². The summed E-state index contributed by atoms with van der Waals surface area (Å²) < 4.78 is 5.81. The number of nitro groups is 1. The lowest BCUT2D eigenvalue weighted by Crippen LogP contribution is -2.14. The second kappa shape index (κ2) is 7.40. The van der Waals surface area contributed by atoms with E-state index in [1.165, 1.54) is 12.1 Å². The summed E-state index contributed by atoms with van der Waals surface area (Å²) in [5.74, 6) is 1.35. The molecular weight excluding hydrogens is 268 g/mol. The maximum absolute atomic E-state index is 10.6. The van der Waals surface area contributed by atoms with E-state index in [9.17, 15) is 10.1 Å². The fourth-order valence-electron chi connectivity index (χ4n) is 1.91. The maximum atomic E-state index is 10.6. The summed E-state index contributed by atoms with van der Waals surface area (Å²) in [6.07, 6.45) is 1.07. The average molecular weight is 286 g/mol. The van der Waals surface area contributed by atoms with E-state index in [0.29, 0.717) is 5.75 Å². The molecule has 0 aliphatic rings. The number of nitrogens with one attached hydrogen (secondary N) is 1. The Labute approximate surface area is 123 Å². The molecule has 0 aliphatic carbocycles. The van der Waals surface area contributed by atoms with Crippen molar-refractivity contribution in [1.82, 2.24) is 5.32 Å². The molecule has 5 nitrogen and oxygen atoms in total. The molecule has 0 aliphatic heterocycles. The molecule has 1 N–H and O–H groups in total. The zero-order valence-electron chi connectivity index (χ0n) is 11.9. The Morgan fingerprint density at radius 1 is 1.14 bits per heavy atom. The van der Waals surface area contributed by atoms with Gasteiger partial charge in [-0.15, -0.1) is 0 Å². The monoisotopic (exact) mass is 286 g/mol. The van der Waals surface area contributed by atoms with Gasteiger partial charge in [0.25, 0.3) is 5.69 Å². The number of para-hydroxylation sites is 1. The van der Waals surface area contributed by atoms with Crippen LogP contribution in [-0.2, 0) is 6.54 Å². The van der Waals surface area contributed by atoms with Crippen molar-refractivity contribution in [2.24, 2.45) is 0 Å². The smallest absolute Gasteiger partial charge is 0.269 e. The minimum atomic E-state index is -0.424. The predicted octanol–water partition coefficient (Wildman–Crippen LogP) is 3.89. The first kappa shape index (κ1) is 15.0. The third-order valence-corrected chi connectivity index (χ3v) is 2.99. The van der Waals surface area contributed by atoms with Gasteiger partial charge in [0.15, 0.2) is 0 Å². The van der Waals surface area contributed by atoms with E-state index < -0.39 is 4.92 Å². The third kappa shape index (κ3) is 4.29. The Kier molecular flexibility index (Phi) is 5.29. The predicted molar refractivity (Wildman–Crippen MR) is 81.6 cm³/mol. The molecule has 2 aromatic rings. The van der Waals surface area contributed by atoms with Crippen molar-refractivity contribution in [1.29, 1.82) is 0 Å². The Morgan fingerprint density at radius 2 is 1.86 bits per heavy atom. The number of nitrogens with zero attached hydrogens (tertiary/aromatic N) is 1. The van der Waals surface area contributed by atoms with Gasteiger partial charge >= 0.3 is 0 Å². The zero-order valence-corrected chi connectivity index (χ0v) is 11.9. The molecule has 110 valence electrons. The number of nitro benzene ring substituents is 1. The van der Waals surface area contributed by atoms with E-state index in [4.69, 9.17) is 4.74 Å². The van der Waals surface area contributed by atoms with Crippen molar-refractivity contribution < 1.29 is 9.66 Å². The minimum Gasteiger partial charge on any atom is -0.457 e. The van der Waals surface area contributed by atoms with Crippen LogP contribution in [0.3, 0.4) is 0 Å². The van der Waals surface area contributed by atoms with Gasteiger partial charge in [-0.1, -0.05) is 25.1 Å². The fourth-order valence-corrected chi connectivity index (χ4v) is 1.91. The van der Waals surface area contributed by atoms with Crippen molar-refractivity contribution in [2.45, 2.75) is 19.9 Å². The van der Waals surface area contributed by atoms with Gasteiger partial charge in [0, 0.05) is 24.2 Å². The first-order chi connectivity index (χ1) is 10.2. The summed E-state index contributed by atoms with van der Waals surface area (Å²) in [4.78, 5) is 10.2. The summed E-state index contributed by atoms with van der Waals surface area (Å²) in [5.41, 5.74) is 1.12. The van der Waals surface area contributed by atoms with Gasteiger partial charge in [-0.05, 0) is 31.2 Å². The van der Waals surface area contributed by atoms with Crippen LogP contribution < -0.4 is 10.1 Å². The molecule has 0 saturated heterocycles. The zero-order chi connectivity index (χ0) is 15.1. The lowest BCUT2D eigenvalue weighted by molar-refractivity contribution is -0.384. The molecule has 5 heteroatoms. The highest BCUT2D eigenvalue weighted by Gasteiger charge is 2.07. The van der Waals surface area contributed by atoms with Crippen LogP contribution in [0.2, 0.25) is 0 Å². The topological polar surface area (TPSA) is 64.4 Å². The second-order valence-electron chi connectivity index (χ2n) is 4.64. The van der Waals surface area contributed by atoms with Crippen molar-refractivity contribution in [3.8, 4) is 11.5 Å². The highest BCUT2D eigenvalue weighted by Crippen LogP contribution is 2.26. The van der Waals surface area contributed by atoms with E-state index in [1.54, 1.807) is 12.1 Å². The molecule has 0 radical (unpaired) electrons. The highest BCUT2D eigenvalue weighted by molar-refractivity contribution is 5.41. The number of hydrogen-bond donors (Lipinski definition) is 1. The van der Waals surface area contributed by atoms with Crippen LogP contribution in [0.15, 0.2) is 48.5 Å². The lowest BCUT2D eigenvalue weighted by Gasteiger charge is -2.11. The van der Waals surface area contributed by atoms with Crippen molar-refractivity contribution in [2.75, 3.05) is 6.54 Å². The maximum Gasteiger partial charge on any atom is 0.269 e. The van der Waals surface area contributed by atoms with Crippen molar-refractivity contribution >= 4 is 5.69 Å². The van der Waals surface area contributed by atoms with Gasteiger partial charge in [-0.2, -0.15) is 0 Å². The van der Waals surface area contributed by atoms with E-state index in [0.717, 1.165) is 30.8 Å². The van der Waals surface area contributed by atoms with Crippen LogP contribution in [-0.4, -0.2) is 11.5 Å². The van der Waals surface area contributed by atoms with E-state index in [1.807, 2.05) is 24.3 Å². The number of ether oxygens (including phenoxy) is 1. The average Bonchev–Trinajstić information content (AvgIpc) is 2.50. The Hall–Kier alpha value is -2.40. The SMILES string of the molecule is CCCNCc1ccccc1Oc1ccc([N+](=O)[O-])cc1. The van der Waals surface area contributed by atoms with Gasteiger partial charge < -0.3 is 10.1 Å². The molecule has 0 fully saturated rings. The normalized spacial score (nSPS) is 10.3. The quantitative estimate of drug-likeness (QED) is 0.476. The summed E-state index contributed by atoms with van der Waals surface area (Å²) >= 11 is 0. The molecule has 21 heavy (non-hydrogen) atoms. The van der Waals surface area contributed by atoms with E-state index in [2.05, 4.69) is 12.2 Å². The van der Waals surface area contributed by atoms with Crippen LogP contribution in [0.4, 0.5) is 5.69 Å². The fraction of sp³-hybridized carbons (Fsp3) is 0.250. The minimum absolute atomic E-state index is 0.0558. The summed E-state index contributed by atoms with van der Waals surface area (Å²) in [6.45, 7) is 3.80. The van der Waals surface area contributed by atoms with Gasteiger partial charge in [0.05, 0.1) is 4.92 Å². The molecule has 0 unspecified atom stereocenters. The van der Waals surface area contributed by atoms with E-state index >= 15 is 0 Å². The molecule has 0 heterocycles. The van der Waals surface area contributed by atoms with Crippen LogP contribution >= 0.6 is 0 Å². The number of rotatable bonds is 7. The molecule has 0 saturated carbocycles. The van der Waals surface area contributed by atoms with Gasteiger partial charge in [-0.3, -0.25) is 10.1 Å². The lowest BCUT2D eigenvalue weighted by atomic mass is 10.2. The van der Waals surface area contributed by atoms with E-state index in [-0.39, 0.29) is 5.69 Å². The van der Waals surface area contributed by atoms with Gasteiger partial charge in [0.1, 0.15) is 11.5 Å². The summed E-state index contributed by atoms with van der Waals surface area (Å²) in [5, 5.41) is 14.0. The molecular formula is C16H18N2O3. The highest BCUT2D eigenvalue weighted by atomic mass is 16.6. The standard InChI is InChI=1S/C16H18N2O3/c1-2-11-17-12-13-5-3-4-6-16(13)21-15-9-7-14(8-10-15)18(19)20/h3-10,17H,2,11-12H2,1H3. The Balaban J connectivity index is 2.09. The molecule has 0 aromatic heterocycles. The number of hydrogen-bond acceptors (Lipinski definition) is 4. The Morgan fingerprint density at radius 3 is 2.52 bits per heavy atom. The molecule has 2 aromatic carbocycles. The summed E-state index contributed by atoms with van der Waals surface area (Å²) in [7, 11) is 0. The third-order valence-electron chi connectivity index (χ3n) is 2.99. The largest absolute Gasteiger partial charge is 0.457 e. The molecule has 0 spiro atoms. The van der Waals surface area contributed by atoms with Crippen LogP contribution in [0.25, 0.3) is 0 Å². The van der Waals surface area contributed by atoms with Crippen LogP contribution in [0.1, 0.15) is 18.9 Å². The van der Waals surface area contributed by atoms with Crippen molar-refractivity contribution in [3.63, 3.8) is 0 Å². The van der Waals surface area contributed by atoms with Crippen molar-refractivity contribution in [3.05, 3.63) is 64.2 Å². The first-order valence-electron chi connectivity index (χ1n) is 6.91. The summed E-state index contributed by atoms with van der Waals surface area (Å²) in [6, 6.07) is 13.9. The van der Waals surface area contributed by atoms with Crippen LogP contribution in [0.5, 0.6) is 11.5 Å². The molecule has 0 bridgehead atoms. The van der Waals surface area contributed by atoms with Crippen LogP contribution in [0, 0.1) is 10.1 Å². The van der Waals surface area contributed by atoms with Gasteiger partial charge in [0.2, 0.25) is 0 Å². The first-order valence-corrected chi connectivity index (χ1v) is 6.91.